The molecule has 0 spiro atoms. The van der Waals surface area contributed by atoms with Gasteiger partial charge in [-0.1, -0.05) is 24.3 Å². The molecule has 1 aliphatic carbocycles. The molecule has 0 atom stereocenters. The van der Waals surface area contributed by atoms with Gasteiger partial charge < -0.3 is 9.30 Å². The highest BCUT2D eigenvalue weighted by atomic mass is 16.5. The minimum Gasteiger partial charge on any atom is -0.497 e. The van der Waals surface area contributed by atoms with E-state index in [-0.39, 0.29) is 0 Å². The predicted molar refractivity (Wildman–Crippen MR) is 77.7 cm³/mol. The largest absolute Gasteiger partial charge is 0.497 e. The summed E-state index contributed by atoms with van der Waals surface area (Å²) >= 11 is 0. The highest BCUT2D eigenvalue weighted by molar-refractivity contribution is 6.01. The molecule has 0 amide bonds. The Morgan fingerprint density at radius 3 is 2.79 bits per heavy atom. The molecule has 94 valence electrons. The van der Waals surface area contributed by atoms with Crippen molar-refractivity contribution in [2.75, 3.05) is 7.11 Å². The molecule has 0 bridgehead atoms. The lowest BCUT2D eigenvalue weighted by Crippen LogP contribution is -1.94. The van der Waals surface area contributed by atoms with Crippen molar-refractivity contribution < 1.29 is 4.74 Å². The SMILES string of the molecule is COc1ccc2c(c1)c1c(n2C)Cc2ccccc2-1. The third-order valence-corrected chi connectivity index (χ3v) is 4.17. The van der Waals surface area contributed by atoms with Gasteiger partial charge in [0.05, 0.1) is 7.11 Å². The third kappa shape index (κ3) is 1.31. The number of hydrogen-bond donors (Lipinski definition) is 0. The van der Waals surface area contributed by atoms with Crippen molar-refractivity contribution >= 4 is 10.9 Å². The summed E-state index contributed by atoms with van der Waals surface area (Å²) in [7, 11) is 3.87. The molecule has 0 fully saturated rings. The molecule has 1 aliphatic rings. The minimum atomic E-state index is 0.922. The molecular weight excluding hydrogens is 234 g/mol. The Balaban J connectivity index is 2.12. The summed E-state index contributed by atoms with van der Waals surface area (Å²) in [5.41, 5.74) is 6.86. The number of hydrogen-bond acceptors (Lipinski definition) is 1. The van der Waals surface area contributed by atoms with E-state index in [9.17, 15) is 0 Å². The lowest BCUT2D eigenvalue weighted by Gasteiger charge is -2.04. The van der Waals surface area contributed by atoms with Crippen LogP contribution in [-0.2, 0) is 13.5 Å². The van der Waals surface area contributed by atoms with Crippen LogP contribution in [0.3, 0.4) is 0 Å². The van der Waals surface area contributed by atoms with Crippen LogP contribution in [0.1, 0.15) is 11.3 Å². The minimum absolute atomic E-state index is 0.922. The lowest BCUT2D eigenvalue weighted by atomic mass is 10.0. The predicted octanol–water partition coefficient (Wildman–Crippen LogP) is 3.76. The molecule has 1 heterocycles. The number of rotatable bonds is 1. The summed E-state index contributed by atoms with van der Waals surface area (Å²) in [6.45, 7) is 0. The molecule has 19 heavy (non-hydrogen) atoms. The van der Waals surface area contributed by atoms with Gasteiger partial charge in [-0.05, 0) is 29.3 Å². The maximum Gasteiger partial charge on any atom is 0.119 e. The summed E-state index contributed by atoms with van der Waals surface area (Å²) in [5.74, 6) is 0.922. The van der Waals surface area contributed by atoms with Gasteiger partial charge in [-0.2, -0.15) is 0 Å². The van der Waals surface area contributed by atoms with Crippen molar-refractivity contribution in [3.05, 3.63) is 53.7 Å². The standard InChI is InChI=1S/C17H15NO/c1-18-15-8-7-12(19-2)10-14(15)17-13-6-4-3-5-11(13)9-16(17)18/h3-8,10H,9H2,1-2H3. The number of aromatic nitrogens is 1. The van der Waals surface area contributed by atoms with E-state index in [0.29, 0.717) is 0 Å². The van der Waals surface area contributed by atoms with Crippen LogP contribution in [0.15, 0.2) is 42.5 Å². The fourth-order valence-corrected chi connectivity index (χ4v) is 3.21. The monoisotopic (exact) mass is 249 g/mol. The van der Waals surface area contributed by atoms with Gasteiger partial charge in [0.1, 0.15) is 5.75 Å². The van der Waals surface area contributed by atoms with Gasteiger partial charge in [0.2, 0.25) is 0 Å². The Morgan fingerprint density at radius 2 is 1.95 bits per heavy atom. The molecule has 1 aromatic heterocycles. The summed E-state index contributed by atoms with van der Waals surface area (Å²) in [4.78, 5) is 0. The van der Waals surface area contributed by atoms with Gasteiger partial charge in [-0.3, -0.25) is 0 Å². The number of nitrogens with zero attached hydrogens (tertiary/aromatic N) is 1. The molecule has 2 heteroatoms. The maximum absolute atomic E-state index is 5.37. The van der Waals surface area contributed by atoms with E-state index >= 15 is 0 Å². The second-order valence-electron chi connectivity index (χ2n) is 5.10. The second-order valence-corrected chi connectivity index (χ2v) is 5.10. The van der Waals surface area contributed by atoms with Crippen molar-refractivity contribution in [3.63, 3.8) is 0 Å². The van der Waals surface area contributed by atoms with Crippen molar-refractivity contribution in [2.45, 2.75) is 6.42 Å². The summed E-state index contributed by atoms with van der Waals surface area (Å²) in [6, 6.07) is 15.0. The number of aryl methyl sites for hydroxylation is 1. The number of methoxy groups -OCH3 is 1. The van der Waals surface area contributed by atoms with Gasteiger partial charge in [0.15, 0.2) is 0 Å². The van der Waals surface area contributed by atoms with E-state index in [1.807, 2.05) is 6.07 Å². The van der Waals surface area contributed by atoms with Gasteiger partial charge >= 0.3 is 0 Å². The maximum atomic E-state index is 5.37. The Hall–Kier alpha value is -2.22. The fraction of sp³-hybridized carbons (Fsp3) is 0.176. The number of fused-ring (bicyclic) bond motifs is 5. The Morgan fingerprint density at radius 1 is 1.11 bits per heavy atom. The number of benzene rings is 2. The average Bonchev–Trinajstić information content (AvgIpc) is 2.96. The van der Waals surface area contributed by atoms with Gasteiger partial charge in [-0.15, -0.1) is 0 Å². The summed E-state index contributed by atoms with van der Waals surface area (Å²) in [6.07, 6.45) is 1.03. The molecule has 0 saturated carbocycles. The molecule has 0 aliphatic heterocycles. The van der Waals surface area contributed by atoms with E-state index in [4.69, 9.17) is 4.74 Å². The molecule has 2 nitrogen and oxygen atoms in total. The quantitative estimate of drug-likeness (QED) is 0.501. The molecule has 3 aromatic rings. The molecular formula is C17H15NO. The lowest BCUT2D eigenvalue weighted by molar-refractivity contribution is 0.415. The molecule has 2 aromatic carbocycles. The van der Waals surface area contributed by atoms with Crippen LogP contribution in [-0.4, -0.2) is 11.7 Å². The molecule has 0 unspecified atom stereocenters. The van der Waals surface area contributed by atoms with Crippen LogP contribution in [0.5, 0.6) is 5.75 Å². The first kappa shape index (κ1) is 10.7. The van der Waals surface area contributed by atoms with Crippen LogP contribution in [0.25, 0.3) is 22.0 Å². The normalized spacial score (nSPS) is 12.5. The fourth-order valence-electron chi connectivity index (χ4n) is 3.21. The van der Waals surface area contributed by atoms with Crippen LogP contribution >= 0.6 is 0 Å². The zero-order valence-electron chi connectivity index (χ0n) is 11.1. The van der Waals surface area contributed by atoms with E-state index < -0.39 is 0 Å². The van der Waals surface area contributed by atoms with Crippen molar-refractivity contribution in [1.82, 2.24) is 4.57 Å². The van der Waals surface area contributed by atoms with Crippen molar-refractivity contribution in [3.8, 4) is 16.9 Å². The first-order valence-corrected chi connectivity index (χ1v) is 6.53. The summed E-state index contributed by atoms with van der Waals surface area (Å²) < 4.78 is 7.68. The van der Waals surface area contributed by atoms with Crippen LogP contribution < -0.4 is 4.74 Å². The zero-order chi connectivity index (χ0) is 13.0. The first-order valence-electron chi connectivity index (χ1n) is 6.53. The Labute approximate surface area is 112 Å². The van der Waals surface area contributed by atoms with Crippen molar-refractivity contribution in [2.24, 2.45) is 7.05 Å². The van der Waals surface area contributed by atoms with E-state index in [1.165, 1.54) is 33.3 Å². The topological polar surface area (TPSA) is 14.2 Å². The second kappa shape index (κ2) is 3.64. The van der Waals surface area contributed by atoms with E-state index in [0.717, 1.165) is 12.2 Å². The summed E-state index contributed by atoms with van der Waals surface area (Å²) in [5, 5.41) is 1.29. The molecule has 0 N–H and O–H groups in total. The van der Waals surface area contributed by atoms with Gasteiger partial charge in [-0.25, -0.2) is 0 Å². The Bertz CT molecular complexity index is 798. The third-order valence-electron chi connectivity index (χ3n) is 4.17. The highest BCUT2D eigenvalue weighted by Crippen LogP contribution is 2.43. The first-order chi connectivity index (χ1) is 9.29. The van der Waals surface area contributed by atoms with Crippen LogP contribution in [0, 0.1) is 0 Å². The van der Waals surface area contributed by atoms with Crippen molar-refractivity contribution in [1.29, 1.82) is 0 Å². The van der Waals surface area contributed by atoms with Crippen LogP contribution in [0.2, 0.25) is 0 Å². The number of ether oxygens (including phenoxy) is 1. The van der Waals surface area contributed by atoms with Gasteiger partial charge in [0, 0.05) is 35.6 Å². The molecule has 4 rings (SSSR count). The molecule has 0 saturated heterocycles. The smallest absolute Gasteiger partial charge is 0.119 e. The Kier molecular flexibility index (Phi) is 2.05. The zero-order valence-corrected chi connectivity index (χ0v) is 11.1. The van der Waals surface area contributed by atoms with Gasteiger partial charge in [0.25, 0.3) is 0 Å². The van der Waals surface area contributed by atoms with E-state index in [2.05, 4.69) is 48.0 Å². The van der Waals surface area contributed by atoms with Crippen LogP contribution in [0.4, 0.5) is 0 Å². The molecule has 0 radical (unpaired) electrons. The van der Waals surface area contributed by atoms with E-state index in [1.54, 1.807) is 7.11 Å². The average molecular weight is 249 g/mol. The highest BCUT2D eigenvalue weighted by Gasteiger charge is 2.24.